The van der Waals surface area contributed by atoms with Crippen molar-refractivity contribution in [2.45, 2.75) is 148 Å². The quantitative estimate of drug-likeness (QED) is 0.131. The molecule has 1 N–H and O–H groups in total. The molecule has 0 bridgehead atoms. The molecule has 166 valence electrons. The van der Waals surface area contributed by atoms with E-state index in [4.69, 9.17) is 5.11 Å². The van der Waals surface area contributed by atoms with Crippen LogP contribution in [0.15, 0.2) is 12.7 Å². The van der Waals surface area contributed by atoms with Gasteiger partial charge in [0.1, 0.15) is 0 Å². The maximum Gasteiger partial charge on any atom is 0.303 e. The van der Waals surface area contributed by atoms with E-state index in [0.717, 1.165) is 12.8 Å². The van der Waals surface area contributed by atoms with Crippen molar-refractivity contribution in [3.8, 4) is 0 Å². The van der Waals surface area contributed by atoms with Gasteiger partial charge in [-0.3, -0.25) is 4.79 Å². The van der Waals surface area contributed by atoms with Crippen LogP contribution in [0.25, 0.3) is 0 Å². The zero-order valence-electron chi connectivity index (χ0n) is 18.9. The smallest absolute Gasteiger partial charge is 0.303 e. The number of carboxylic acids is 1. The summed E-state index contributed by atoms with van der Waals surface area (Å²) >= 11 is 0. The van der Waals surface area contributed by atoms with Crippen LogP contribution in [0, 0.1) is 0 Å². The van der Waals surface area contributed by atoms with E-state index in [1.54, 1.807) is 0 Å². The molecule has 0 aromatic carbocycles. The highest BCUT2D eigenvalue weighted by atomic mass is 16.4. The third kappa shape index (κ3) is 25.2. The summed E-state index contributed by atoms with van der Waals surface area (Å²) in [5.74, 6) is -0.652. The van der Waals surface area contributed by atoms with Gasteiger partial charge in [0.2, 0.25) is 0 Å². The molecule has 0 aromatic rings. The summed E-state index contributed by atoms with van der Waals surface area (Å²) in [5, 5.41) is 8.58. The number of allylic oxidation sites excluding steroid dienone is 1. The molecule has 0 spiro atoms. The molecule has 0 amide bonds. The van der Waals surface area contributed by atoms with Crippen LogP contribution in [0.4, 0.5) is 0 Å². The Morgan fingerprint density at radius 1 is 0.500 bits per heavy atom. The van der Waals surface area contributed by atoms with E-state index in [1.807, 2.05) is 6.08 Å². The highest BCUT2D eigenvalue weighted by Crippen LogP contribution is 2.15. The summed E-state index contributed by atoms with van der Waals surface area (Å²) < 4.78 is 0. The van der Waals surface area contributed by atoms with Crippen molar-refractivity contribution in [2.24, 2.45) is 0 Å². The molecule has 0 aliphatic rings. The molecule has 0 radical (unpaired) electrons. The lowest BCUT2D eigenvalue weighted by atomic mass is 10.0. The second-order valence-electron chi connectivity index (χ2n) is 8.65. The molecule has 0 saturated carbocycles. The van der Waals surface area contributed by atoms with E-state index < -0.39 is 5.97 Å². The third-order valence-corrected chi connectivity index (χ3v) is 5.80. The van der Waals surface area contributed by atoms with Crippen LogP contribution in [-0.4, -0.2) is 11.1 Å². The zero-order valence-corrected chi connectivity index (χ0v) is 18.9. The van der Waals surface area contributed by atoms with Gasteiger partial charge in [-0.1, -0.05) is 128 Å². The highest BCUT2D eigenvalue weighted by molar-refractivity contribution is 5.66. The Morgan fingerprint density at radius 3 is 1.00 bits per heavy atom. The molecule has 0 heterocycles. The van der Waals surface area contributed by atoms with Crippen LogP contribution >= 0.6 is 0 Å². The minimum absolute atomic E-state index is 0.344. The normalized spacial score (nSPS) is 11.0. The number of rotatable bonds is 24. The molecule has 0 atom stereocenters. The predicted octanol–water partition coefficient (Wildman–Crippen LogP) is 9.23. The second-order valence-corrected chi connectivity index (χ2v) is 8.65. The van der Waals surface area contributed by atoms with Crippen molar-refractivity contribution in [1.29, 1.82) is 0 Å². The number of carbonyl (C=O) groups is 1. The molecule has 2 nitrogen and oxygen atoms in total. The van der Waals surface area contributed by atoms with Crippen molar-refractivity contribution < 1.29 is 9.90 Å². The summed E-state index contributed by atoms with van der Waals surface area (Å²) in [7, 11) is 0. The van der Waals surface area contributed by atoms with Crippen LogP contribution in [0.1, 0.15) is 148 Å². The predicted molar refractivity (Wildman–Crippen MR) is 124 cm³/mol. The van der Waals surface area contributed by atoms with Gasteiger partial charge in [-0.15, -0.1) is 6.58 Å². The first-order valence-corrected chi connectivity index (χ1v) is 12.6. The minimum atomic E-state index is -0.652. The molecule has 2 heteroatoms. The Bertz CT molecular complexity index is 324. The first kappa shape index (κ1) is 27.2. The van der Waals surface area contributed by atoms with Crippen LogP contribution in [0.5, 0.6) is 0 Å². The monoisotopic (exact) mass is 394 g/mol. The fraction of sp³-hybridized carbons (Fsp3) is 0.885. The van der Waals surface area contributed by atoms with Gasteiger partial charge in [-0.2, -0.15) is 0 Å². The zero-order chi connectivity index (χ0) is 20.5. The topological polar surface area (TPSA) is 37.3 Å². The van der Waals surface area contributed by atoms with Gasteiger partial charge in [-0.25, -0.2) is 0 Å². The van der Waals surface area contributed by atoms with Gasteiger partial charge in [-0.05, 0) is 19.3 Å². The van der Waals surface area contributed by atoms with Gasteiger partial charge < -0.3 is 5.11 Å². The van der Waals surface area contributed by atoms with E-state index in [9.17, 15) is 4.79 Å². The summed E-state index contributed by atoms with van der Waals surface area (Å²) in [4.78, 5) is 10.4. The maximum absolute atomic E-state index is 10.4. The largest absolute Gasteiger partial charge is 0.481 e. The van der Waals surface area contributed by atoms with E-state index in [2.05, 4.69) is 6.58 Å². The van der Waals surface area contributed by atoms with E-state index in [0.29, 0.717) is 6.42 Å². The maximum atomic E-state index is 10.4. The van der Waals surface area contributed by atoms with Crippen LogP contribution in [0.2, 0.25) is 0 Å². The lowest BCUT2D eigenvalue weighted by Gasteiger charge is -2.04. The molecule has 0 aliphatic heterocycles. The van der Waals surface area contributed by atoms with Crippen LogP contribution in [0.3, 0.4) is 0 Å². The second kappa shape index (κ2) is 24.2. The van der Waals surface area contributed by atoms with Gasteiger partial charge in [0.05, 0.1) is 0 Å². The Balaban J connectivity index is 2.99. The molecular formula is C26H50O2. The summed E-state index contributed by atoms with van der Waals surface area (Å²) in [5.41, 5.74) is 0. The van der Waals surface area contributed by atoms with Gasteiger partial charge in [0.15, 0.2) is 0 Å². The Labute approximate surface area is 176 Å². The van der Waals surface area contributed by atoms with Gasteiger partial charge >= 0.3 is 5.97 Å². The molecular weight excluding hydrogens is 344 g/mol. The Kier molecular flexibility index (Phi) is 23.6. The molecule has 0 aromatic heterocycles. The number of hydrogen-bond acceptors (Lipinski definition) is 1. The standard InChI is InChI=1S/C26H50O2/c1-2-3-4-5-6-7-8-9-10-11-12-13-14-15-16-17-18-19-20-21-22-23-24-25-26(27)28/h2H,1,3-25H2,(H,27,28). The lowest BCUT2D eigenvalue weighted by molar-refractivity contribution is -0.137. The minimum Gasteiger partial charge on any atom is -0.481 e. The van der Waals surface area contributed by atoms with Crippen molar-refractivity contribution in [1.82, 2.24) is 0 Å². The number of carboxylic acid groups (broad SMARTS) is 1. The average molecular weight is 395 g/mol. The summed E-state index contributed by atoms with van der Waals surface area (Å²) in [6.45, 7) is 3.78. The van der Waals surface area contributed by atoms with Crippen molar-refractivity contribution in [3.05, 3.63) is 12.7 Å². The van der Waals surface area contributed by atoms with Gasteiger partial charge in [0, 0.05) is 6.42 Å². The van der Waals surface area contributed by atoms with E-state index in [1.165, 1.54) is 128 Å². The number of hydrogen-bond donors (Lipinski definition) is 1. The molecule has 0 aliphatic carbocycles. The van der Waals surface area contributed by atoms with E-state index in [-0.39, 0.29) is 0 Å². The number of aliphatic carboxylic acids is 1. The Hall–Kier alpha value is -0.790. The molecule has 0 rings (SSSR count). The fourth-order valence-corrected chi connectivity index (χ4v) is 3.92. The van der Waals surface area contributed by atoms with E-state index >= 15 is 0 Å². The van der Waals surface area contributed by atoms with Crippen molar-refractivity contribution in [2.75, 3.05) is 0 Å². The van der Waals surface area contributed by atoms with Crippen LogP contribution in [-0.2, 0) is 4.79 Å². The lowest BCUT2D eigenvalue weighted by Crippen LogP contribution is -1.93. The molecule has 0 fully saturated rings. The molecule has 0 unspecified atom stereocenters. The highest BCUT2D eigenvalue weighted by Gasteiger charge is 1.97. The SMILES string of the molecule is C=CCCCCCCCCCCCCCCCCCCCCCCCC(=O)O. The summed E-state index contributed by atoms with van der Waals surface area (Å²) in [6.07, 6.45) is 32.0. The van der Waals surface area contributed by atoms with Crippen molar-refractivity contribution in [3.63, 3.8) is 0 Å². The Morgan fingerprint density at radius 2 is 0.750 bits per heavy atom. The molecule has 0 saturated heterocycles. The summed E-state index contributed by atoms with van der Waals surface area (Å²) in [6, 6.07) is 0. The first-order valence-electron chi connectivity index (χ1n) is 12.6. The van der Waals surface area contributed by atoms with Crippen molar-refractivity contribution >= 4 is 5.97 Å². The average Bonchev–Trinajstić information content (AvgIpc) is 2.68. The molecule has 28 heavy (non-hydrogen) atoms. The first-order chi connectivity index (χ1) is 13.8. The van der Waals surface area contributed by atoms with Gasteiger partial charge in [0.25, 0.3) is 0 Å². The number of unbranched alkanes of at least 4 members (excludes halogenated alkanes) is 21. The third-order valence-electron chi connectivity index (χ3n) is 5.80. The van der Waals surface area contributed by atoms with Crippen LogP contribution < -0.4 is 0 Å². The fourth-order valence-electron chi connectivity index (χ4n) is 3.92.